The van der Waals surface area contributed by atoms with Crippen molar-refractivity contribution >= 4 is 25.1 Å². The van der Waals surface area contributed by atoms with Gasteiger partial charge in [-0.2, -0.15) is 0 Å². The molecule has 0 amide bonds. The van der Waals surface area contributed by atoms with Crippen LogP contribution in [0, 0.1) is 10.2 Å². The van der Waals surface area contributed by atoms with Gasteiger partial charge in [-0.3, -0.25) is 0 Å². The summed E-state index contributed by atoms with van der Waals surface area (Å²) in [7, 11) is 0. The van der Waals surface area contributed by atoms with E-state index in [2.05, 4.69) is 28.5 Å². The van der Waals surface area contributed by atoms with E-state index in [1.54, 1.807) is 0 Å². The second-order valence-electron chi connectivity index (χ2n) is 3.04. The Balaban J connectivity index is 2.31. The maximum atomic E-state index is 8.59. The molecule has 0 atom stereocenters. The third kappa shape index (κ3) is 1.85. The molecule has 66 valence electrons. The van der Waals surface area contributed by atoms with Crippen LogP contribution >= 0.6 is 0 Å². The van der Waals surface area contributed by atoms with Crippen molar-refractivity contribution in [3.8, 4) is 4.97 Å². The second kappa shape index (κ2) is 3.83. The van der Waals surface area contributed by atoms with E-state index >= 15 is 0 Å². The number of anilines is 1. The van der Waals surface area contributed by atoms with Gasteiger partial charge in [0.15, 0.2) is 0 Å². The third-order valence-electron chi connectivity index (χ3n) is 2.18. The van der Waals surface area contributed by atoms with Crippen LogP contribution in [0.4, 0.5) is 5.69 Å². The predicted octanol–water partition coefficient (Wildman–Crippen LogP) is 0.855. The molecule has 0 fully saturated rings. The average Bonchev–Trinajstić information content (AvgIpc) is 2.18. The molecule has 1 aromatic rings. The van der Waals surface area contributed by atoms with Crippen molar-refractivity contribution < 1.29 is 0 Å². The second-order valence-corrected chi connectivity index (χ2v) is 4.84. The van der Waals surface area contributed by atoms with E-state index in [0.717, 1.165) is 13.0 Å². The molecule has 0 unspecified atom stereocenters. The Morgan fingerprint density at radius 2 is 2.38 bits per heavy atom. The first-order valence-corrected chi connectivity index (χ1v) is 6.04. The van der Waals surface area contributed by atoms with E-state index in [1.165, 1.54) is 22.1 Å². The summed E-state index contributed by atoms with van der Waals surface area (Å²) in [6, 6.07) is 6.33. The Morgan fingerprint density at radius 1 is 1.46 bits per heavy atom. The number of fused-ring (bicyclic) bond motifs is 1. The molecule has 0 bridgehead atoms. The van der Waals surface area contributed by atoms with Gasteiger partial charge in [0.05, 0.1) is 0 Å². The van der Waals surface area contributed by atoms with Crippen LogP contribution < -0.4 is 9.78 Å². The molecule has 2 rings (SSSR count). The molecule has 0 spiro atoms. The van der Waals surface area contributed by atoms with Gasteiger partial charge in [-0.15, -0.1) is 0 Å². The number of benzene rings is 1. The monoisotopic (exact) mass is 238 g/mol. The van der Waals surface area contributed by atoms with Crippen LogP contribution in [-0.4, -0.2) is 21.5 Å². The molecular weight excluding hydrogens is 227 g/mol. The average molecular weight is 237 g/mol. The Hall–Kier alpha value is -0.971. The normalized spacial score (nSPS) is 14.1. The molecule has 1 aromatic carbocycles. The third-order valence-corrected chi connectivity index (χ3v) is 3.40. The first kappa shape index (κ1) is 8.62. The van der Waals surface area contributed by atoms with Gasteiger partial charge < -0.3 is 0 Å². The van der Waals surface area contributed by atoms with Gasteiger partial charge in [0.25, 0.3) is 0 Å². The zero-order valence-corrected chi connectivity index (χ0v) is 8.92. The number of hydrogen-bond acceptors (Lipinski definition) is 2. The van der Waals surface area contributed by atoms with Gasteiger partial charge in [-0.1, -0.05) is 0 Å². The van der Waals surface area contributed by atoms with Crippen LogP contribution in [0.25, 0.3) is 0 Å². The van der Waals surface area contributed by atoms with Gasteiger partial charge >= 0.3 is 83.8 Å². The SMILES string of the molecule is N#C[Se]c1ccc2c(c1)CCCN2. The fraction of sp³-hybridized carbons (Fsp3) is 0.300. The topological polar surface area (TPSA) is 35.8 Å². The van der Waals surface area contributed by atoms with Crippen LogP contribution in [-0.2, 0) is 6.42 Å². The molecule has 0 radical (unpaired) electrons. The number of nitrogens with one attached hydrogen (secondary N) is 1. The Bertz CT molecular complexity index is 354. The fourth-order valence-corrected chi connectivity index (χ4v) is 2.50. The molecule has 0 saturated carbocycles. The molecule has 13 heavy (non-hydrogen) atoms. The molecule has 1 aliphatic rings. The number of nitrogens with zero attached hydrogens (tertiary/aromatic N) is 1. The van der Waals surface area contributed by atoms with Gasteiger partial charge in [0.2, 0.25) is 0 Å². The van der Waals surface area contributed by atoms with E-state index in [4.69, 9.17) is 5.26 Å². The molecule has 0 aromatic heterocycles. The van der Waals surface area contributed by atoms with Gasteiger partial charge in [0, 0.05) is 0 Å². The van der Waals surface area contributed by atoms with Crippen LogP contribution in [0.1, 0.15) is 12.0 Å². The zero-order chi connectivity index (χ0) is 9.10. The van der Waals surface area contributed by atoms with Gasteiger partial charge in [-0.25, -0.2) is 0 Å². The number of rotatable bonds is 1. The summed E-state index contributed by atoms with van der Waals surface area (Å²) in [6.45, 7) is 1.08. The van der Waals surface area contributed by atoms with Crippen molar-refractivity contribution in [3.05, 3.63) is 23.8 Å². The van der Waals surface area contributed by atoms with E-state index in [1.807, 2.05) is 0 Å². The van der Waals surface area contributed by atoms with E-state index < -0.39 is 0 Å². The van der Waals surface area contributed by atoms with Crippen molar-refractivity contribution in [2.45, 2.75) is 12.8 Å². The summed E-state index contributed by atoms with van der Waals surface area (Å²) in [5, 5.41) is 11.9. The van der Waals surface area contributed by atoms with E-state index in [0.29, 0.717) is 0 Å². The maximum absolute atomic E-state index is 8.59. The molecule has 3 heteroatoms. The van der Waals surface area contributed by atoms with Gasteiger partial charge in [-0.05, 0) is 0 Å². The Labute approximate surface area is 84.1 Å². The van der Waals surface area contributed by atoms with Gasteiger partial charge in [0.1, 0.15) is 0 Å². The first-order chi connectivity index (χ1) is 6.40. The summed E-state index contributed by atoms with van der Waals surface area (Å²) in [5.41, 5.74) is 2.63. The Morgan fingerprint density at radius 3 is 3.23 bits per heavy atom. The molecule has 2 nitrogen and oxygen atoms in total. The molecule has 1 aliphatic heterocycles. The van der Waals surface area contributed by atoms with Crippen LogP contribution in [0.15, 0.2) is 18.2 Å². The Kier molecular flexibility index (Phi) is 2.54. The predicted molar refractivity (Wildman–Crippen MR) is 54.3 cm³/mol. The molecule has 0 saturated heterocycles. The first-order valence-electron chi connectivity index (χ1n) is 4.33. The summed E-state index contributed by atoms with van der Waals surface area (Å²) in [4.78, 5) is 2.23. The fourth-order valence-electron chi connectivity index (χ4n) is 1.57. The quantitative estimate of drug-likeness (QED) is 0.735. The van der Waals surface area contributed by atoms with Crippen LogP contribution in [0.5, 0.6) is 0 Å². The van der Waals surface area contributed by atoms with Crippen LogP contribution in [0.2, 0.25) is 0 Å². The standard InChI is InChI=1S/C10H10N2Se/c11-7-13-9-3-4-10-8(6-9)2-1-5-12-10/h3-4,6,12H,1-2,5H2. The number of aryl methyl sites for hydroxylation is 1. The van der Waals surface area contributed by atoms with E-state index in [9.17, 15) is 0 Å². The van der Waals surface area contributed by atoms with Crippen molar-refractivity contribution in [3.63, 3.8) is 0 Å². The summed E-state index contributed by atoms with van der Waals surface area (Å²) in [5.74, 6) is 0. The molecular formula is C10H10N2Se. The molecule has 0 aliphatic carbocycles. The molecule has 1 N–H and O–H groups in total. The number of nitriles is 1. The summed E-state index contributed by atoms with van der Waals surface area (Å²) in [6.07, 6.45) is 2.35. The van der Waals surface area contributed by atoms with Crippen molar-refractivity contribution in [1.29, 1.82) is 5.26 Å². The number of hydrogen-bond donors (Lipinski definition) is 1. The van der Waals surface area contributed by atoms with E-state index in [-0.39, 0.29) is 15.0 Å². The minimum absolute atomic E-state index is 0.00746. The van der Waals surface area contributed by atoms with Crippen molar-refractivity contribution in [2.75, 3.05) is 11.9 Å². The zero-order valence-electron chi connectivity index (χ0n) is 7.21. The summed E-state index contributed by atoms with van der Waals surface area (Å²) < 4.78 is 1.19. The van der Waals surface area contributed by atoms with Crippen LogP contribution in [0.3, 0.4) is 0 Å². The molecule has 1 heterocycles. The minimum atomic E-state index is -0.00746. The van der Waals surface area contributed by atoms with Crippen molar-refractivity contribution in [1.82, 2.24) is 0 Å². The summed E-state index contributed by atoms with van der Waals surface area (Å²) >= 11 is -0.00746. The van der Waals surface area contributed by atoms with Crippen molar-refractivity contribution in [2.24, 2.45) is 0 Å².